The molecule has 1 aromatic heterocycles. The maximum Gasteiger partial charge on any atom is 0.254 e. The molecule has 6 rings (SSSR count). The number of hydrogen-bond donors (Lipinski definition) is 0. The molecular weight excluding hydrogens is 416 g/mol. The normalized spacial score (nSPS) is 17.5. The lowest BCUT2D eigenvalue weighted by Gasteiger charge is -2.27. The lowest BCUT2D eigenvalue weighted by molar-refractivity contribution is 0.0735. The summed E-state index contributed by atoms with van der Waals surface area (Å²) in [5.41, 5.74) is 4.75. The highest BCUT2D eigenvalue weighted by atomic mass is 16.6. The Hall–Kier alpha value is -3.87. The molecule has 3 aromatic carbocycles. The van der Waals surface area contributed by atoms with Gasteiger partial charge >= 0.3 is 0 Å². The summed E-state index contributed by atoms with van der Waals surface area (Å²) in [5, 5.41) is 8.47. The maximum absolute atomic E-state index is 13.4. The number of likely N-dealkylation sites (tertiary alicyclic amines) is 1. The molecule has 4 aromatic rings. The molecular formula is C26H24N4O3. The lowest BCUT2D eigenvalue weighted by atomic mass is 10.0. The topological polar surface area (TPSA) is 69.5 Å². The van der Waals surface area contributed by atoms with Crippen molar-refractivity contribution in [3.63, 3.8) is 0 Å². The van der Waals surface area contributed by atoms with Gasteiger partial charge in [-0.05, 0) is 60.4 Å². The number of fused-ring (bicyclic) bond motifs is 2. The van der Waals surface area contributed by atoms with Crippen molar-refractivity contribution >= 4 is 16.9 Å². The van der Waals surface area contributed by atoms with E-state index in [-0.39, 0.29) is 11.9 Å². The minimum Gasteiger partial charge on any atom is -0.486 e. The SMILES string of the molecule is O=C(c1ccc(Cn2nnc3ccccc32)cc1)N1CCC[C@H]1c1ccc2c(c1)OCCO2. The summed E-state index contributed by atoms with van der Waals surface area (Å²) in [5.74, 6) is 1.60. The van der Waals surface area contributed by atoms with E-state index in [4.69, 9.17) is 9.47 Å². The third-order valence-corrected chi connectivity index (χ3v) is 6.42. The van der Waals surface area contributed by atoms with E-state index in [1.54, 1.807) is 0 Å². The van der Waals surface area contributed by atoms with E-state index >= 15 is 0 Å². The van der Waals surface area contributed by atoms with Crippen LogP contribution in [0.3, 0.4) is 0 Å². The third kappa shape index (κ3) is 3.69. The van der Waals surface area contributed by atoms with E-state index < -0.39 is 0 Å². The minimum absolute atomic E-state index is 0.0505. The summed E-state index contributed by atoms with van der Waals surface area (Å²) >= 11 is 0. The molecule has 166 valence electrons. The molecule has 2 aliphatic rings. The van der Waals surface area contributed by atoms with Gasteiger partial charge in [0.15, 0.2) is 11.5 Å². The van der Waals surface area contributed by atoms with Gasteiger partial charge in [-0.25, -0.2) is 4.68 Å². The Labute approximate surface area is 191 Å². The molecule has 0 radical (unpaired) electrons. The lowest BCUT2D eigenvalue weighted by Crippen LogP contribution is -2.30. The molecule has 0 spiro atoms. The fourth-order valence-electron chi connectivity index (χ4n) is 4.75. The summed E-state index contributed by atoms with van der Waals surface area (Å²) in [7, 11) is 0. The van der Waals surface area contributed by atoms with Crippen molar-refractivity contribution in [2.45, 2.75) is 25.4 Å². The zero-order valence-electron chi connectivity index (χ0n) is 18.2. The Morgan fingerprint density at radius 2 is 1.79 bits per heavy atom. The number of benzene rings is 3. The van der Waals surface area contributed by atoms with Gasteiger partial charge in [0.05, 0.1) is 18.1 Å². The number of hydrogen-bond acceptors (Lipinski definition) is 5. The van der Waals surface area contributed by atoms with E-state index in [2.05, 4.69) is 16.4 Å². The number of para-hydroxylation sites is 1. The number of carbonyl (C=O) groups excluding carboxylic acids is 1. The van der Waals surface area contributed by atoms with Gasteiger partial charge < -0.3 is 14.4 Å². The van der Waals surface area contributed by atoms with Crippen molar-refractivity contribution in [1.82, 2.24) is 19.9 Å². The molecule has 0 aliphatic carbocycles. The molecule has 2 aliphatic heterocycles. The van der Waals surface area contributed by atoms with Gasteiger partial charge in [0.2, 0.25) is 0 Å². The van der Waals surface area contributed by atoms with Crippen LogP contribution in [0.4, 0.5) is 0 Å². The summed E-state index contributed by atoms with van der Waals surface area (Å²) in [4.78, 5) is 15.3. The van der Waals surface area contributed by atoms with Gasteiger partial charge in [-0.1, -0.05) is 35.5 Å². The predicted octanol–water partition coefficient (Wildman–Crippen LogP) is 4.23. The van der Waals surface area contributed by atoms with Crippen molar-refractivity contribution in [1.29, 1.82) is 0 Å². The van der Waals surface area contributed by atoms with Gasteiger partial charge in [0.1, 0.15) is 18.7 Å². The minimum atomic E-state index is 0.0505. The molecule has 0 unspecified atom stereocenters. The molecule has 1 atom stereocenters. The number of nitrogens with zero attached hydrogens (tertiary/aromatic N) is 4. The number of amides is 1. The van der Waals surface area contributed by atoms with Crippen LogP contribution in [0.15, 0.2) is 66.7 Å². The summed E-state index contributed by atoms with van der Waals surface area (Å²) in [6, 6.07) is 21.8. The molecule has 7 heteroatoms. The molecule has 0 N–H and O–H groups in total. The second-order valence-corrected chi connectivity index (χ2v) is 8.49. The van der Waals surface area contributed by atoms with Crippen LogP contribution < -0.4 is 9.47 Å². The molecule has 7 nitrogen and oxygen atoms in total. The smallest absolute Gasteiger partial charge is 0.254 e. The highest BCUT2D eigenvalue weighted by Crippen LogP contribution is 2.38. The van der Waals surface area contributed by atoms with Crippen LogP contribution in [0.25, 0.3) is 11.0 Å². The van der Waals surface area contributed by atoms with E-state index in [9.17, 15) is 4.79 Å². The first-order chi connectivity index (χ1) is 16.3. The second-order valence-electron chi connectivity index (χ2n) is 8.49. The molecule has 0 bridgehead atoms. The average Bonchev–Trinajstić information content (AvgIpc) is 3.52. The van der Waals surface area contributed by atoms with Gasteiger partial charge in [-0.15, -0.1) is 5.10 Å². The number of aromatic nitrogens is 3. The zero-order valence-corrected chi connectivity index (χ0v) is 18.2. The van der Waals surface area contributed by atoms with E-state index in [1.165, 1.54) is 0 Å². The molecule has 1 saturated heterocycles. The van der Waals surface area contributed by atoms with Crippen LogP contribution in [0, 0.1) is 0 Å². The largest absolute Gasteiger partial charge is 0.486 e. The van der Waals surface area contributed by atoms with Gasteiger partial charge in [-0.2, -0.15) is 0 Å². The second kappa shape index (κ2) is 8.24. The van der Waals surface area contributed by atoms with Gasteiger partial charge in [-0.3, -0.25) is 4.79 Å². The summed E-state index contributed by atoms with van der Waals surface area (Å²) < 4.78 is 13.3. The van der Waals surface area contributed by atoms with Crippen LogP contribution >= 0.6 is 0 Å². The Morgan fingerprint density at radius 1 is 0.970 bits per heavy atom. The Balaban J connectivity index is 1.20. The van der Waals surface area contributed by atoms with Crippen molar-refractivity contribution in [2.24, 2.45) is 0 Å². The molecule has 0 saturated carbocycles. The average molecular weight is 441 g/mol. The first-order valence-corrected chi connectivity index (χ1v) is 11.3. The molecule has 1 fully saturated rings. The first kappa shape index (κ1) is 19.8. The number of rotatable bonds is 4. The molecule has 33 heavy (non-hydrogen) atoms. The van der Waals surface area contributed by atoms with Crippen molar-refractivity contribution < 1.29 is 14.3 Å². The molecule has 3 heterocycles. The number of carbonyl (C=O) groups is 1. The van der Waals surface area contributed by atoms with Crippen LogP contribution in [0.2, 0.25) is 0 Å². The fraction of sp³-hybridized carbons (Fsp3) is 0.269. The quantitative estimate of drug-likeness (QED) is 0.475. The van der Waals surface area contributed by atoms with Crippen molar-refractivity contribution in [2.75, 3.05) is 19.8 Å². The van der Waals surface area contributed by atoms with Gasteiger partial charge in [0, 0.05) is 12.1 Å². The Bertz CT molecular complexity index is 1310. The van der Waals surface area contributed by atoms with Crippen molar-refractivity contribution in [3.8, 4) is 11.5 Å². The van der Waals surface area contributed by atoms with E-state index in [1.807, 2.05) is 70.2 Å². The Morgan fingerprint density at radius 3 is 2.67 bits per heavy atom. The predicted molar refractivity (Wildman–Crippen MR) is 124 cm³/mol. The van der Waals surface area contributed by atoms with Crippen LogP contribution in [0.5, 0.6) is 11.5 Å². The van der Waals surface area contributed by atoms with E-state index in [0.29, 0.717) is 25.3 Å². The van der Waals surface area contributed by atoms with Gasteiger partial charge in [0.25, 0.3) is 5.91 Å². The van der Waals surface area contributed by atoms with Crippen molar-refractivity contribution in [3.05, 3.63) is 83.4 Å². The van der Waals surface area contributed by atoms with Crippen LogP contribution in [-0.4, -0.2) is 45.6 Å². The van der Waals surface area contributed by atoms with Crippen LogP contribution in [-0.2, 0) is 6.54 Å². The van der Waals surface area contributed by atoms with E-state index in [0.717, 1.165) is 53.0 Å². The summed E-state index contributed by atoms with van der Waals surface area (Å²) in [6.07, 6.45) is 1.94. The standard InChI is InChI=1S/C26H24N4O3/c31-26(29-13-3-6-22(29)20-11-12-24-25(16-20)33-15-14-32-24)19-9-7-18(8-10-19)17-30-23-5-2-1-4-21(23)27-28-30/h1-2,4-5,7-12,16,22H,3,6,13-15,17H2/t22-/m0/s1. The zero-order chi connectivity index (χ0) is 22.2. The highest BCUT2D eigenvalue weighted by Gasteiger charge is 2.31. The maximum atomic E-state index is 13.4. The number of ether oxygens (including phenoxy) is 2. The molecule has 1 amide bonds. The monoisotopic (exact) mass is 440 g/mol. The first-order valence-electron chi connectivity index (χ1n) is 11.3. The van der Waals surface area contributed by atoms with Crippen LogP contribution in [0.1, 0.15) is 40.4 Å². The summed E-state index contributed by atoms with van der Waals surface area (Å²) in [6.45, 7) is 2.49. The Kier molecular flexibility index (Phi) is 4.94. The fourth-order valence-corrected chi connectivity index (χ4v) is 4.75. The third-order valence-electron chi connectivity index (χ3n) is 6.42. The highest BCUT2D eigenvalue weighted by molar-refractivity contribution is 5.94.